The Balaban J connectivity index is 1.67. The van der Waals surface area contributed by atoms with Crippen LogP contribution in [0, 0.1) is 0 Å². The molecule has 166 valence electrons. The number of H-pyrrole nitrogens is 1. The quantitative estimate of drug-likeness (QED) is 0.414. The highest BCUT2D eigenvalue weighted by Crippen LogP contribution is 2.39. The van der Waals surface area contributed by atoms with Gasteiger partial charge in [-0.3, -0.25) is 14.6 Å². The number of primary amides is 1. The minimum Gasteiger partial charge on any atom is -0.364 e. The SMILES string of the molecule is Cn1nc2ccc(-c3n[nH]c4nc(N5CCC(C)(N)CC5)nc(C(N)=O)c34)c(Cl)c2c1Cl. The number of aromatic amines is 1. The number of halogens is 2. The molecule has 1 aliphatic heterocycles. The first-order chi connectivity index (χ1) is 15.2. The van der Waals surface area contributed by atoms with Crippen LogP contribution in [0.25, 0.3) is 33.2 Å². The molecule has 0 atom stereocenters. The van der Waals surface area contributed by atoms with E-state index in [1.54, 1.807) is 23.9 Å². The van der Waals surface area contributed by atoms with E-state index >= 15 is 0 Å². The summed E-state index contributed by atoms with van der Waals surface area (Å²) in [5.41, 5.74) is 13.8. The third-order valence-electron chi connectivity index (χ3n) is 5.95. The van der Waals surface area contributed by atoms with E-state index in [2.05, 4.69) is 25.3 Å². The van der Waals surface area contributed by atoms with Gasteiger partial charge >= 0.3 is 0 Å². The summed E-state index contributed by atoms with van der Waals surface area (Å²) in [7, 11) is 1.73. The molecule has 1 aromatic carbocycles. The Bertz CT molecular complexity index is 1380. The van der Waals surface area contributed by atoms with E-state index in [1.165, 1.54) is 0 Å². The molecule has 4 heterocycles. The lowest BCUT2D eigenvalue weighted by atomic mass is 9.91. The van der Waals surface area contributed by atoms with Crippen LogP contribution in [0.2, 0.25) is 10.2 Å². The van der Waals surface area contributed by atoms with Crippen LogP contribution in [-0.4, -0.2) is 54.5 Å². The van der Waals surface area contributed by atoms with Gasteiger partial charge in [0.25, 0.3) is 5.91 Å². The molecule has 1 fully saturated rings. The van der Waals surface area contributed by atoms with Gasteiger partial charge in [-0.2, -0.15) is 15.2 Å². The summed E-state index contributed by atoms with van der Waals surface area (Å²) in [5, 5.41) is 13.4. The Kier molecular flexibility index (Phi) is 4.77. The van der Waals surface area contributed by atoms with E-state index in [0.717, 1.165) is 12.8 Å². The zero-order valence-corrected chi connectivity index (χ0v) is 19.0. The van der Waals surface area contributed by atoms with Crippen molar-refractivity contribution in [2.75, 3.05) is 18.0 Å². The van der Waals surface area contributed by atoms with Gasteiger partial charge in [-0.05, 0) is 31.9 Å². The van der Waals surface area contributed by atoms with Gasteiger partial charge in [0, 0.05) is 31.2 Å². The van der Waals surface area contributed by atoms with Crippen LogP contribution < -0.4 is 16.4 Å². The summed E-state index contributed by atoms with van der Waals surface area (Å²) in [4.78, 5) is 23.5. The van der Waals surface area contributed by atoms with Crippen molar-refractivity contribution in [3.8, 4) is 11.3 Å². The maximum Gasteiger partial charge on any atom is 0.268 e. The minimum atomic E-state index is -0.682. The molecule has 12 heteroatoms. The normalized spacial score (nSPS) is 16.2. The van der Waals surface area contributed by atoms with E-state index in [-0.39, 0.29) is 11.2 Å². The maximum absolute atomic E-state index is 12.4. The number of fused-ring (bicyclic) bond motifs is 2. The lowest BCUT2D eigenvalue weighted by molar-refractivity contribution is 0.0997. The zero-order chi connectivity index (χ0) is 22.8. The topological polar surface area (TPSA) is 145 Å². The fourth-order valence-electron chi connectivity index (χ4n) is 4.05. The molecule has 3 aromatic heterocycles. The average molecular weight is 474 g/mol. The van der Waals surface area contributed by atoms with E-state index in [9.17, 15) is 4.79 Å². The van der Waals surface area contributed by atoms with Crippen molar-refractivity contribution in [3.05, 3.63) is 28.0 Å². The van der Waals surface area contributed by atoms with E-state index in [1.807, 2.05) is 11.8 Å². The van der Waals surface area contributed by atoms with E-state index in [0.29, 0.717) is 62.4 Å². The number of carbonyl (C=O) groups is 1. The summed E-state index contributed by atoms with van der Waals surface area (Å²) < 4.78 is 1.54. The predicted octanol–water partition coefficient (Wildman–Crippen LogP) is 2.63. The second kappa shape index (κ2) is 7.29. The van der Waals surface area contributed by atoms with Gasteiger partial charge in [0.1, 0.15) is 16.5 Å². The van der Waals surface area contributed by atoms with Crippen LogP contribution >= 0.6 is 23.2 Å². The third kappa shape index (κ3) is 3.26. The summed E-state index contributed by atoms with van der Waals surface area (Å²) in [6, 6.07) is 3.56. The number of hydrogen-bond donors (Lipinski definition) is 3. The molecule has 1 saturated heterocycles. The first-order valence-electron chi connectivity index (χ1n) is 10.1. The molecule has 0 bridgehead atoms. The lowest BCUT2D eigenvalue weighted by Crippen LogP contribution is -2.48. The third-order valence-corrected chi connectivity index (χ3v) is 6.78. The average Bonchev–Trinajstić information content (AvgIpc) is 3.28. The Morgan fingerprint density at radius 2 is 1.91 bits per heavy atom. The number of carbonyl (C=O) groups excluding carboxylic acids is 1. The molecule has 0 radical (unpaired) electrons. The van der Waals surface area contributed by atoms with Crippen LogP contribution in [0.15, 0.2) is 12.1 Å². The van der Waals surface area contributed by atoms with Crippen molar-refractivity contribution in [1.29, 1.82) is 0 Å². The standard InChI is InChI=1S/C20H21Cl2N9O/c1-20(24)5-7-31(8-6-20)19-25-15(17(23)32)12-14(27-28-18(12)26-19)9-3-4-10-11(13(9)21)16(22)30(2)29-10/h3-4H,5-8,24H2,1-2H3,(H2,23,32)(H,25,26,27,28). The monoisotopic (exact) mass is 473 g/mol. The second-order valence-electron chi connectivity index (χ2n) is 8.41. The summed E-state index contributed by atoms with van der Waals surface area (Å²) >= 11 is 13.1. The number of hydrogen-bond acceptors (Lipinski definition) is 7. The molecule has 1 amide bonds. The van der Waals surface area contributed by atoms with Crippen LogP contribution in [0.3, 0.4) is 0 Å². The molecule has 5 rings (SSSR count). The van der Waals surface area contributed by atoms with Gasteiger partial charge in [0.2, 0.25) is 5.95 Å². The second-order valence-corrected chi connectivity index (χ2v) is 9.14. The number of anilines is 1. The number of aromatic nitrogens is 6. The van der Waals surface area contributed by atoms with Crippen molar-refractivity contribution in [2.24, 2.45) is 18.5 Å². The Hall–Kier alpha value is -2.95. The van der Waals surface area contributed by atoms with Gasteiger partial charge in [0.05, 0.1) is 21.3 Å². The first kappa shape index (κ1) is 20.9. The molecule has 4 aromatic rings. The molecule has 1 aliphatic rings. The molecule has 0 unspecified atom stereocenters. The molecule has 0 saturated carbocycles. The fraction of sp³-hybridized carbons (Fsp3) is 0.350. The van der Waals surface area contributed by atoms with Crippen molar-refractivity contribution >= 4 is 57.0 Å². The molecule has 32 heavy (non-hydrogen) atoms. The fourth-order valence-corrected chi connectivity index (χ4v) is 4.66. The number of aryl methyl sites for hydroxylation is 1. The molecule has 0 aliphatic carbocycles. The Morgan fingerprint density at radius 1 is 1.19 bits per heavy atom. The number of piperidine rings is 1. The van der Waals surface area contributed by atoms with Crippen LogP contribution in [0.1, 0.15) is 30.3 Å². The van der Waals surface area contributed by atoms with Crippen molar-refractivity contribution in [2.45, 2.75) is 25.3 Å². The number of nitrogens with zero attached hydrogens (tertiary/aromatic N) is 6. The van der Waals surface area contributed by atoms with E-state index in [4.69, 9.17) is 34.7 Å². The van der Waals surface area contributed by atoms with Crippen molar-refractivity contribution in [3.63, 3.8) is 0 Å². The van der Waals surface area contributed by atoms with Crippen LogP contribution in [-0.2, 0) is 7.05 Å². The molecule has 0 spiro atoms. The minimum absolute atomic E-state index is 0.0725. The van der Waals surface area contributed by atoms with Gasteiger partial charge in [-0.25, -0.2) is 4.98 Å². The number of rotatable bonds is 3. The van der Waals surface area contributed by atoms with Gasteiger partial charge < -0.3 is 16.4 Å². The maximum atomic E-state index is 12.4. The smallest absolute Gasteiger partial charge is 0.268 e. The summed E-state index contributed by atoms with van der Waals surface area (Å²) in [5.74, 6) is -0.271. The van der Waals surface area contributed by atoms with Gasteiger partial charge in [-0.15, -0.1) is 0 Å². The van der Waals surface area contributed by atoms with Gasteiger partial charge in [0.15, 0.2) is 5.65 Å². The van der Waals surface area contributed by atoms with E-state index < -0.39 is 5.91 Å². The molecule has 5 N–H and O–H groups in total. The number of benzene rings is 1. The number of amides is 1. The van der Waals surface area contributed by atoms with Crippen molar-refractivity contribution < 1.29 is 4.79 Å². The van der Waals surface area contributed by atoms with Crippen LogP contribution in [0.5, 0.6) is 0 Å². The lowest BCUT2D eigenvalue weighted by Gasteiger charge is -2.36. The number of nitrogens with one attached hydrogen (secondary N) is 1. The summed E-state index contributed by atoms with van der Waals surface area (Å²) in [6.45, 7) is 3.39. The molecular formula is C20H21Cl2N9O. The highest BCUT2D eigenvalue weighted by atomic mass is 35.5. The van der Waals surface area contributed by atoms with Gasteiger partial charge in [-0.1, -0.05) is 23.2 Å². The zero-order valence-electron chi connectivity index (χ0n) is 17.5. The predicted molar refractivity (Wildman–Crippen MR) is 124 cm³/mol. The first-order valence-corrected chi connectivity index (χ1v) is 10.8. The molecular weight excluding hydrogens is 453 g/mol. The Morgan fingerprint density at radius 3 is 2.59 bits per heavy atom. The summed E-state index contributed by atoms with van der Waals surface area (Å²) in [6.07, 6.45) is 1.58. The highest BCUT2D eigenvalue weighted by molar-refractivity contribution is 6.43. The largest absolute Gasteiger partial charge is 0.364 e. The highest BCUT2D eigenvalue weighted by Gasteiger charge is 2.29. The van der Waals surface area contributed by atoms with Crippen LogP contribution in [0.4, 0.5) is 5.95 Å². The van der Waals surface area contributed by atoms with Crippen molar-refractivity contribution in [1.82, 2.24) is 29.9 Å². The Labute approximate surface area is 192 Å². The molecule has 10 nitrogen and oxygen atoms in total. The number of nitrogens with two attached hydrogens (primary N) is 2.